The van der Waals surface area contributed by atoms with E-state index in [9.17, 15) is 4.79 Å². The number of hydrogen-bond acceptors (Lipinski definition) is 3. The fraction of sp³-hybridized carbons (Fsp3) is 0.435. The molecule has 27 heavy (non-hydrogen) atoms. The summed E-state index contributed by atoms with van der Waals surface area (Å²) in [5, 5.41) is 4.27. The summed E-state index contributed by atoms with van der Waals surface area (Å²) in [6, 6.07) is 14.8. The van der Waals surface area contributed by atoms with E-state index in [0.717, 1.165) is 16.8 Å². The first-order valence-corrected chi connectivity index (χ1v) is 11.7. The van der Waals surface area contributed by atoms with Crippen LogP contribution in [-0.2, 0) is 4.79 Å². The minimum Gasteiger partial charge on any atom is -0.325 e. The van der Waals surface area contributed by atoms with Gasteiger partial charge in [0.2, 0.25) is 5.91 Å². The van der Waals surface area contributed by atoms with Crippen LogP contribution in [0.15, 0.2) is 47.4 Å². The van der Waals surface area contributed by atoms with Crippen LogP contribution in [0.2, 0.25) is 0 Å². The molecule has 144 valence electrons. The summed E-state index contributed by atoms with van der Waals surface area (Å²) >= 11 is 3.84. The van der Waals surface area contributed by atoms with Gasteiger partial charge in [-0.15, -0.1) is 23.5 Å². The molecular formula is C23H29NOS2. The minimum atomic E-state index is 0.114. The number of anilines is 1. The standard InChI is InChI=1S/C23H29NOS2/c1-16-9-4-5-12-19(16)27-21-14-7-6-13-20(21)26-15-22(25)24-23-17(2)10-8-11-18(23)3/h4-5,8-12,20-21H,6-7,13-15H2,1-3H3,(H,24,25)/t20-,21-/m1/s1. The number of benzene rings is 2. The van der Waals surface area contributed by atoms with Gasteiger partial charge in [0.25, 0.3) is 0 Å². The molecule has 0 unspecified atom stereocenters. The molecule has 0 radical (unpaired) electrons. The molecule has 0 saturated heterocycles. The van der Waals surface area contributed by atoms with Crippen molar-refractivity contribution in [2.75, 3.05) is 11.1 Å². The summed E-state index contributed by atoms with van der Waals surface area (Å²) in [4.78, 5) is 13.9. The fourth-order valence-corrected chi connectivity index (χ4v) is 6.44. The quantitative estimate of drug-likeness (QED) is 0.610. The predicted molar refractivity (Wildman–Crippen MR) is 120 cm³/mol. The summed E-state index contributed by atoms with van der Waals surface area (Å²) in [5.74, 6) is 0.645. The number of thioether (sulfide) groups is 2. The van der Waals surface area contributed by atoms with E-state index in [4.69, 9.17) is 0 Å². The molecule has 1 amide bonds. The van der Waals surface area contributed by atoms with Crippen molar-refractivity contribution in [1.82, 2.24) is 0 Å². The Morgan fingerprint density at radius 2 is 1.56 bits per heavy atom. The molecule has 1 fully saturated rings. The second kappa shape index (κ2) is 9.70. The van der Waals surface area contributed by atoms with Crippen LogP contribution in [0.1, 0.15) is 42.4 Å². The zero-order valence-corrected chi connectivity index (χ0v) is 18.1. The molecule has 2 aromatic carbocycles. The van der Waals surface area contributed by atoms with Crippen LogP contribution in [0, 0.1) is 20.8 Å². The highest BCUT2D eigenvalue weighted by molar-refractivity contribution is 8.04. The lowest BCUT2D eigenvalue weighted by atomic mass is 10.00. The maximum atomic E-state index is 12.5. The summed E-state index contributed by atoms with van der Waals surface area (Å²) in [5.41, 5.74) is 4.57. The highest BCUT2D eigenvalue weighted by atomic mass is 32.2. The van der Waals surface area contributed by atoms with Crippen LogP contribution in [0.5, 0.6) is 0 Å². The molecule has 0 bridgehead atoms. The number of para-hydroxylation sites is 1. The zero-order chi connectivity index (χ0) is 19.2. The molecule has 2 aromatic rings. The molecule has 1 aliphatic carbocycles. The SMILES string of the molecule is Cc1ccccc1S[C@@H]1CCCC[C@H]1SCC(=O)Nc1c(C)cccc1C. The zero-order valence-electron chi connectivity index (χ0n) is 16.5. The smallest absolute Gasteiger partial charge is 0.234 e. The first-order valence-electron chi connectivity index (χ1n) is 9.74. The third kappa shape index (κ3) is 5.55. The van der Waals surface area contributed by atoms with E-state index in [1.165, 1.54) is 36.1 Å². The van der Waals surface area contributed by atoms with Crippen molar-refractivity contribution in [3.05, 3.63) is 59.2 Å². The summed E-state index contributed by atoms with van der Waals surface area (Å²) < 4.78 is 0. The summed E-state index contributed by atoms with van der Waals surface area (Å²) in [7, 11) is 0. The Morgan fingerprint density at radius 3 is 2.26 bits per heavy atom. The third-order valence-corrected chi connectivity index (χ3v) is 8.36. The predicted octanol–water partition coefficient (Wildman–Crippen LogP) is 6.39. The Morgan fingerprint density at radius 1 is 0.926 bits per heavy atom. The van der Waals surface area contributed by atoms with Gasteiger partial charge < -0.3 is 5.32 Å². The van der Waals surface area contributed by atoms with E-state index < -0.39 is 0 Å². The van der Waals surface area contributed by atoms with Gasteiger partial charge in [-0.1, -0.05) is 49.2 Å². The number of aryl methyl sites for hydroxylation is 3. The van der Waals surface area contributed by atoms with Crippen molar-refractivity contribution in [2.24, 2.45) is 0 Å². The summed E-state index contributed by atoms with van der Waals surface area (Å²) in [6.45, 7) is 6.28. The third-order valence-electron chi connectivity index (χ3n) is 5.19. The van der Waals surface area contributed by atoms with E-state index in [2.05, 4.69) is 36.5 Å². The Bertz CT molecular complexity index is 769. The van der Waals surface area contributed by atoms with Crippen molar-refractivity contribution in [3.63, 3.8) is 0 Å². The van der Waals surface area contributed by atoms with Crippen molar-refractivity contribution in [1.29, 1.82) is 0 Å². The Labute approximate surface area is 171 Å². The molecular weight excluding hydrogens is 370 g/mol. The molecule has 3 rings (SSSR count). The van der Waals surface area contributed by atoms with E-state index in [-0.39, 0.29) is 5.91 Å². The second-order valence-electron chi connectivity index (χ2n) is 7.37. The number of carbonyl (C=O) groups is 1. The van der Waals surface area contributed by atoms with Gasteiger partial charge in [-0.2, -0.15) is 0 Å². The van der Waals surface area contributed by atoms with Crippen molar-refractivity contribution in [2.45, 2.75) is 61.8 Å². The monoisotopic (exact) mass is 399 g/mol. The second-order valence-corrected chi connectivity index (χ2v) is 9.88. The number of hydrogen-bond donors (Lipinski definition) is 1. The van der Waals surface area contributed by atoms with Crippen LogP contribution in [0.3, 0.4) is 0 Å². The lowest BCUT2D eigenvalue weighted by molar-refractivity contribution is -0.113. The van der Waals surface area contributed by atoms with Gasteiger partial charge >= 0.3 is 0 Å². The molecule has 1 aliphatic rings. The molecule has 2 nitrogen and oxygen atoms in total. The van der Waals surface area contributed by atoms with E-state index in [1.54, 1.807) is 0 Å². The number of rotatable bonds is 6. The lowest BCUT2D eigenvalue weighted by Crippen LogP contribution is -2.27. The maximum Gasteiger partial charge on any atom is 0.234 e. The molecule has 4 heteroatoms. The van der Waals surface area contributed by atoms with Crippen molar-refractivity contribution >= 4 is 35.1 Å². The van der Waals surface area contributed by atoms with Gasteiger partial charge in [0.1, 0.15) is 0 Å². The maximum absolute atomic E-state index is 12.5. The van der Waals surface area contributed by atoms with Gasteiger partial charge in [-0.25, -0.2) is 0 Å². The summed E-state index contributed by atoms with van der Waals surface area (Å²) in [6.07, 6.45) is 5.04. The molecule has 2 atom stereocenters. The Kier molecular flexibility index (Phi) is 7.31. The average molecular weight is 400 g/mol. The average Bonchev–Trinajstić information content (AvgIpc) is 2.66. The molecule has 1 saturated carbocycles. The highest BCUT2D eigenvalue weighted by Gasteiger charge is 2.27. The van der Waals surface area contributed by atoms with Gasteiger partial charge in [-0.05, 0) is 56.4 Å². The number of amides is 1. The van der Waals surface area contributed by atoms with E-state index in [0.29, 0.717) is 16.3 Å². The van der Waals surface area contributed by atoms with E-state index >= 15 is 0 Å². The van der Waals surface area contributed by atoms with Crippen molar-refractivity contribution < 1.29 is 4.79 Å². The topological polar surface area (TPSA) is 29.1 Å². The Balaban J connectivity index is 1.58. The van der Waals surface area contributed by atoms with Crippen LogP contribution < -0.4 is 5.32 Å². The van der Waals surface area contributed by atoms with E-state index in [1.807, 2.05) is 55.6 Å². The van der Waals surface area contributed by atoms with Crippen LogP contribution in [0.4, 0.5) is 5.69 Å². The van der Waals surface area contributed by atoms with Gasteiger partial charge in [0.05, 0.1) is 5.75 Å². The van der Waals surface area contributed by atoms with Crippen LogP contribution >= 0.6 is 23.5 Å². The molecule has 0 aliphatic heterocycles. The molecule has 1 N–H and O–H groups in total. The largest absolute Gasteiger partial charge is 0.325 e. The van der Waals surface area contributed by atoms with Gasteiger partial charge in [-0.3, -0.25) is 4.79 Å². The normalized spacial score (nSPS) is 19.7. The highest BCUT2D eigenvalue weighted by Crippen LogP contribution is 2.40. The van der Waals surface area contributed by atoms with Crippen molar-refractivity contribution in [3.8, 4) is 0 Å². The number of nitrogens with one attached hydrogen (secondary N) is 1. The molecule has 0 aromatic heterocycles. The first kappa shape index (κ1) is 20.3. The lowest BCUT2D eigenvalue weighted by Gasteiger charge is -2.31. The Hall–Kier alpha value is -1.39. The fourth-order valence-electron chi connectivity index (χ4n) is 3.61. The van der Waals surface area contributed by atoms with Gasteiger partial charge in [0, 0.05) is 21.1 Å². The number of carbonyl (C=O) groups excluding carboxylic acids is 1. The molecule has 0 heterocycles. The van der Waals surface area contributed by atoms with Crippen LogP contribution in [0.25, 0.3) is 0 Å². The molecule has 0 spiro atoms. The minimum absolute atomic E-state index is 0.114. The van der Waals surface area contributed by atoms with Gasteiger partial charge in [0.15, 0.2) is 0 Å². The first-order chi connectivity index (χ1) is 13.0. The van der Waals surface area contributed by atoms with Crippen LogP contribution in [-0.4, -0.2) is 22.2 Å².